The molecule has 2 aromatic heterocycles. The molecule has 0 bridgehead atoms. The largest absolute Gasteiger partial charge is 0.391 e. The summed E-state index contributed by atoms with van der Waals surface area (Å²) in [5.41, 5.74) is 2.88. The molecule has 1 aliphatic carbocycles. The lowest BCUT2D eigenvalue weighted by Crippen LogP contribution is -2.42. The van der Waals surface area contributed by atoms with Crippen molar-refractivity contribution in [3.05, 3.63) is 23.5 Å². The maximum absolute atomic E-state index is 13.0. The summed E-state index contributed by atoms with van der Waals surface area (Å²) < 4.78 is 40.7. The number of carbonyl (C=O) groups excluding carboxylic acids is 1. The Bertz CT molecular complexity index is 897. The molecule has 3 N–H and O–H groups in total. The minimum absolute atomic E-state index is 0.0263. The van der Waals surface area contributed by atoms with Gasteiger partial charge in [0.15, 0.2) is 5.65 Å². The normalized spacial score (nSPS) is 22.4. The topological polar surface area (TPSA) is 83.4 Å². The van der Waals surface area contributed by atoms with Crippen LogP contribution in [0.1, 0.15) is 43.4 Å². The summed E-state index contributed by atoms with van der Waals surface area (Å²) in [4.78, 5) is 17.0. The van der Waals surface area contributed by atoms with Crippen molar-refractivity contribution in [2.45, 2.75) is 57.2 Å². The van der Waals surface area contributed by atoms with Gasteiger partial charge in [0.2, 0.25) is 5.91 Å². The molecule has 2 aliphatic rings. The second-order valence-electron chi connectivity index (χ2n) is 8.08. The Balaban J connectivity index is 1.36. The number of rotatable bonds is 5. The van der Waals surface area contributed by atoms with E-state index in [1.165, 1.54) is 0 Å². The van der Waals surface area contributed by atoms with E-state index in [0.29, 0.717) is 19.4 Å². The van der Waals surface area contributed by atoms with E-state index in [2.05, 4.69) is 21.0 Å². The highest BCUT2D eigenvalue weighted by molar-refractivity contribution is 5.76. The van der Waals surface area contributed by atoms with Gasteiger partial charge in [-0.15, -0.1) is 0 Å². The number of halogens is 3. The van der Waals surface area contributed by atoms with Crippen LogP contribution in [0.4, 0.5) is 19.0 Å². The standard InChI is InChI=1S/C20H27F3N6O/c21-20(22,23)13-2-1-3-14(12-13)27-18(30)7-10-25-19-15-4-8-24-9-5-16(15)28-17-6-11-26-29(17)19/h6,11,13-14,24-25H,1-5,7-10,12H2,(H,27,30). The number of carbonyl (C=O) groups is 1. The number of aromatic nitrogens is 3. The molecule has 1 amide bonds. The van der Waals surface area contributed by atoms with E-state index in [9.17, 15) is 18.0 Å². The van der Waals surface area contributed by atoms with Crippen molar-refractivity contribution in [2.24, 2.45) is 5.92 Å². The van der Waals surface area contributed by atoms with Crippen molar-refractivity contribution in [3.63, 3.8) is 0 Å². The molecule has 2 aromatic rings. The van der Waals surface area contributed by atoms with Crippen LogP contribution >= 0.6 is 0 Å². The Kier molecular flexibility index (Phi) is 6.12. The molecule has 3 heterocycles. The summed E-state index contributed by atoms with van der Waals surface area (Å²) >= 11 is 0. The molecule has 2 atom stereocenters. The molecule has 10 heteroatoms. The summed E-state index contributed by atoms with van der Waals surface area (Å²) in [6.45, 7) is 2.09. The van der Waals surface area contributed by atoms with Gasteiger partial charge in [0.25, 0.3) is 0 Å². The van der Waals surface area contributed by atoms with Crippen LogP contribution in [-0.2, 0) is 17.6 Å². The predicted octanol–water partition coefficient (Wildman–Crippen LogP) is 2.46. The van der Waals surface area contributed by atoms with Crippen LogP contribution in [0, 0.1) is 5.92 Å². The van der Waals surface area contributed by atoms with Gasteiger partial charge in [0.05, 0.1) is 17.8 Å². The lowest BCUT2D eigenvalue weighted by Gasteiger charge is -2.31. The Morgan fingerprint density at radius 1 is 1.27 bits per heavy atom. The van der Waals surface area contributed by atoms with Gasteiger partial charge in [-0.1, -0.05) is 6.42 Å². The first-order valence-electron chi connectivity index (χ1n) is 10.6. The molecule has 0 spiro atoms. The molecular weight excluding hydrogens is 397 g/mol. The average molecular weight is 424 g/mol. The van der Waals surface area contributed by atoms with Crippen molar-refractivity contribution in [1.82, 2.24) is 25.2 Å². The van der Waals surface area contributed by atoms with Crippen molar-refractivity contribution in [2.75, 3.05) is 25.0 Å². The lowest BCUT2D eigenvalue weighted by atomic mass is 9.85. The van der Waals surface area contributed by atoms with Gasteiger partial charge in [-0.25, -0.2) is 4.98 Å². The Labute approximate surface area is 172 Å². The molecular formula is C20H27F3N6O. The second kappa shape index (κ2) is 8.79. The van der Waals surface area contributed by atoms with Crippen molar-refractivity contribution in [1.29, 1.82) is 0 Å². The zero-order valence-electron chi connectivity index (χ0n) is 16.8. The molecule has 1 saturated carbocycles. The third kappa shape index (κ3) is 4.69. The molecule has 2 unspecified atom stereocenters. The summed E-state index contributed by atoms with van der Waals surface area (Å²) in [5.74, 6) is -0.705. The molecule has 1 aliphatic heterocycles. The van der Waals surface area contributed by atoms with Crippen molar-refractivity contribution < 1.29 is 18.0 Å². The zero-order chi connectivity index (χ0) is 21.1. The van der Waals surface area contributed by atoms with E-state index in [1.807, 2.05) is 6.07 Å². The smallest absolute Gasteiger partial charge is 0.369 e. The first-order chi connectivity index (χ1) is 14.4. The molecule has 0 saturated heterocycles. The molecule has 0 radical (unpaired) electrons. The summed E-state index contributed by atoms with van der Waals surface area (Å²) in [6, 6.07) is 1.44. The number of hydrogen-bond acceptors (Lipinski definition) is 5. The quantitative estimate of drug-likeness (QED) is 0.687. The fourth-order valence-corrected chi connectivity index (χ4v) is 4.43. The lowest BCUT2D eigenvalue weighted by molar-refractivity contribution is -0.184. The van der Waals surface area contributed by atoms with Crippen LogP contribution < -0.4 is 16.0 Å². The average Bonchev–Trinajstić information content (AvgIpc) is 3.04. The van der Waals surface area contributed by atoms with Crippen molar-refractivity contribution in [3.8, 4) is 0 Å². The van der Waals surface area contributed by atoms with Crippen LogP contribution in [0.15, 0.2) is 12.3 Å². The van der Waals surface area contributed by atoms with Gasteiger partial charge in [-0.3, -0.25) is 4.79 Å². The highest BCUT2D eigenvalue weighted by Crippen LogP contribution is 2.37. The van der Waals surface area contributed by atoms with Crippen LogP contribution in [-0.4, -0.2) is 52.4 Å². The van der Waals surface area contributed by atoms with Crippen LogP contribution in [0.2, 0.25) is 0 Å². The van der Waals surface area contributed by atoms with E-state index >= 15 is 0 Å². The van der Waals surface area contributed by atoms with Gasteiger partial charge in [0.1, 0.15) is 5.82 Å². The molecule has 1 fully saturated rings. The van der Waals surface area contributed by atoms with Gasteiger partial charge in [-0.2, -0.15) is 22.8 Å². The van der Waals surface area contributed by atoms with E-state index < -0.39 is 18.1 Å². The summed E-state index contributed by atoms with van der Waals surface area (Å²) in [5, 5.41) is 13.8. The van der Waals surface area contributed by atoms with E-state index in [-0.39, 0.29) is 25.2 Å². The van der Waals surface area contributed by atoms with E-state index in [0.717, 1.165) is 48.7 Å². The van der Waals surface area contributed by atoms with E-state index in [4.69, 9.17) is 4.98 Å². The monoisotopic (exact) mass is 424 g/mol. The Hall–Kier alpha value is -2.36. The number of hydrogen-bond donors (Lipinski definition) is 3. The van der Waals surface area contributed by atoms with Gasteiger partial charge in [-0.05, 0) is 32.2 Å². The molecule has 164 valence electrons. The van der Waals surface area contributed by atoms with Crippen LogP contribution in [0.25, 0.3) is 5.65 Å². The summed E-state index contributed by atoms with van der Waals surface area (Å²) in [7, 11) is 0. The van der Waals surface area contributed by atoms with Crippen molar-refractivity contribution >= 4 is 17.4 Å². The third-order valence-electron chi connectivity index (χ3n) is 5.96. The Morgan fingerprint density at radius 3 is 2.93 bits per heavy atom. The fourth-order valence-electron chi connectivity index (χ4n) is 4.43. The molecule has 4 rings (SSSR count). The zero-order valence-corrected chi connectivity index (χ0v) is 16.8. The first-order valence-corrected chi connectivity index (χ1v) is 10.6. The third-order valence-corrected chi connectivity index (χ3v) is 5.96. The first kappa shape index (κ1) is 20.9. The second-order valence-corrected chi connectivity index (χ2v) is 8.08. The number of alkyl halides is 3. The summed E-state index contributed by atoms with van der Waals surface area (Å²) in [6.07, 6.45) is 0.548. The van der Waals surface area contributed by atoms with Gasteiger partial charge in [0, 0.05) is 43.6 Å². The van der Waals surface area contributed by atoms with Gasteiger partial charge >= 0.3 is 6.18 Å². The van der Waals surface area contributed by atoms with Crippen LogP contribution in [0.5, 0.6) is 0 Å². The maximum Gasteiger partial charge on any atom is 0.391 e. The molecule has 30 heavy (non-hydrogen) atoms. The minimum Gasteiger partial charge on any atom is -0.369 e. The Morgan fingerprint density at radius 2 is 2.10 bits per heavy atom. The number of nitrogens with one attached hydrogen (secondary N) is 3. The number of fused-ring (bicyclic) bond motifs is 2. The highest BCUT2D eigenvalue weighted by Gasteiger charge is 2.42. The fraction of sp³-hybridized carbons (Fsp3) is 0.650. The van der Waals surface area contributed by atoms with Crippen LogP contribution in [0.3, 0.4) is 0 Å². The molecule has 0 aromatic carbocycles. The highest BCUT2D eigenvalue weighted by atomic mass is 19.4. The minimum atomic E-state index is -4.19. The number of nitrogens with zero attached hydrogens (tertiary/aromatic N) is 3. The molecule has 7 nitrogen and oxygen atoms in total. The number of anilines is 1. The number of amides is 1. The SMILES string of the molecule is O=C(CCNc1c2c(nc3ccnn13)CCNCC2)NC1CCCC(C(F)(F)F)C1. The van der Waals surface area contributed by atoms with E-state index in [1.54, 1.807) is 10.7 Å². The maximum atomic E-state index is 13.0. The predicted molar refractivity (Wildman–Crippen MR) is 106 cm³/mol. The van der Waals surface area contributed by atoms with Gasteiger partial charge < -0.3 is 16.0 Å².